The minimum Gasteiger partial charge on any atom is -0.315 e. The van der Waals surface area contributed by atoms with Gasteiger partial charge in [0.25, 0.3) is 0 Å². The largest absolute Gasteiger partial charge is 0.315 e. The summed E-state index contributed by atoms with van der Waals surface area (Å²) in [5, 5.41) is 0. The summed E-state index contributed by atoms with van der Waals surface area (Å²) in [7, 11) is 0. The molecule has 2 aliphatic heterocycles. The second kappa shape index (κ2) is 7.12. The van der Waals surface area contributed by atoms with Crippen LogP contribution in [0.3, 0.4) is 0 Å². The minimum absolute atomic E-state index is 0.594. The summed E-state index contributed by atoms with van der Waals surface area (Å²) in [6.07, 6.45) is 15.9. The third-order valence-electron chi connectivity index (χ3n) is 8.45. The van der Waals surface area contributed by atoms with Crippen LogP contribution in [0.5, 0.6) is 0 Å². The minimum atomic E-state index is 0.594. The SMILES string of the molecule is Brc1nc2ccccc2n1[C@@H]1C[C@H]2CCC[C@@H](C1)N2[C@@H]1C[C@@H]2CCC[C@@H](C2)C1. The van der Waals surface area contributed by atoms with Crippen molar-refractivity contribution in [3.63, 3.8) is 0 Å². The van der Waals surface area contributed by atoms with Crippen molar-refractivity contribution in [3.05, 3.63) is 29.0 Å². The first-order chi connectivity index (χ1) is 13.8. The maximum Gasteiger partial charge on any atom is 0.178 e. The number of rotatable bonds is 2. The molecule has 4 bridgehead atoms. The van der Waals surface area contributed by atoms with Crippen LogP contribution >= 0.6 is 15.9 Å². The Morgan fingerprint density at radius 1 is 0.750 bits per heavy atom. The van der Waals surface area contributed by atoms with Gasteiger partial charge in [-0.25, -0.2) is 4.98 Å². The van der Waals surface area contributed by atoms with E-state index in [0.717, 1.165) is 40.2 Å². The number of imidazole rings is 1. The molecule has 0 radical (unpaired) electrons. The molecule has 2 aliphatic carbocycles. The molecule has 28 heavy (non-hydrogen) atoms. The molecule has 4 heteroatoms. The van der Waals surface area contributed by atoms with Crippen molar-refractivity contribution in [2.24, 2.45) is 11.8 Å². The average Bonchev–Trinajstić information content (AvgIpc) is 3.02. The number of halogens is 1. The average molecular weight is 442 g/mol. The fourth-order valence-electron chi connectivity index (χ4n) is 7.50. The number of para-hydroxylation sites is 2. The van der Waals surface area contributed by atoms with Crippen LogP contribution in [0.15, 0.2) is 29.0 Å². The van der Waals surface area contributed by atoms with Crippen molar-refractivity contribution < 1.29 is 0 Å². The van der Waals surface area contributed by atoms with Crippen LogP contribution in [0.2, 0.25) is 0 Å². The van der Waals surface area contributed by atoms with Crippen molar-refractivity contribution in [2.45, 2.75) is 94.8 Å². The van der Waals surface area contributed by atoms with Gasteiger partial charge in [-0.1, -0.05) is 37.8 Å². The molecule has 0 unspecified atom stereocenters. The van der Waals surface area contributed by atoms with Crippen LogP contribution in [0.1, 0.15) is 76.7 Å². The number of fused-ring (bicyclic) bond motifs is 5. The molecule has 6 rings (SSSR count). The lowest BCUT2D eigenvalue weighted by Gasteiger charge is -2.55. The quantitative estimate of drug-likeness (QED) is 0.542. The topological polar surface area (TPSA) is 21.1 Å². The summed E-state index contributed by atoms with van der Waals surface area (Å²) >= 11 is 3.79. The molecule has 2 saturated carbocycles. The van der Waals surface area contributed by atoms with Gasteiger partial charge >= 0.3 is 0 Å². The van der Waals surface area contributed by atoms with Gasteiger partial charge in [-0.05, 0) is 84.8 Å². The van der Waals surface area contributed by atoms with Crippen molar-refractivity contribution in [1.29, 1.82) is 0 Å². The predicted molar refractivity (Wildman–Crippen MR) is 117 cm³/mol. The number of hydrogen-bond donors (Lipinski definition) is 0. The number of aromatic nitrogens is 2. The van der Waals surface area contributed by atoms with E-state index in [0.29, 0.717) is 6.04 Å². The molecule has 6 atom stereocenters. The van der Waals surface area contributed by atoms with Gasteiger partial charge in [-0.15, -0.1) is 0 Å². The smallest absolute Gasteiger partial charge is 0.178 e. The van der Waals surface area contributed by atoms with Crippen molar-refractivity contribution in [2.75, 3.05) is 0 Å². The molecule has 150 valence electrons. The van der Waals surface area contributed by atoms with E-state index in [2.05, 4.69) is 49.7 Å². The Hall–Kier alpha value is -0.870. The number of piperidine rings is 2. The highest BCUT2D eigenvalue weighted by Gasteiger charge is 2.45. The monoisotopic (exact) mass is 441 g/mol. The Labute approximate surface area is 177 Å². The highest BCUT2D eigenvalue weighted by Crippen LogP contribution is 2.48. The zero-order chi connectivity index (χ0) is 18.7. The lowest BCUT2D eigenvalue weighted by atomic mass is 9.68. The van der Waals surface area contributed by atoms with E-state index >= 15 is 0 Å². The van der Waals surface area contributed by atoms with E-state index in [1.165, 1.54) is 76.1 Å². The molecule has 1 aromatic carbocycles. The molecule has 0 N–H and O–H groups in total. The highest BCUT2D eigenvalue weighted by atomic mass is 79.9. The van der Waals surface area contributed by atoms with Gasteiger partial charge in [0.05, 0.1) is 11.0 Å². The van der Waals surface area contributed by atoms with Gasteiger partial charge < -0.3 is 4.57 Å². The summed E-state index contributed by atoms with van der Waals surface area (Å²) < 4.78 is 3.53. The first-order valence-electron chi connectivity index (χ1n) is 11.7. The first kappa shape index (κ1) is 17.9. The summed E-state index contributed by atoms with van der Waals surface area (Å²) in [6, 6.07) is 11.7. The number of benzene rings is 1. The fraction of sp³-hybridized carbons (Fsp3) is 0.708. The normalized spacial score (nSPS) is 38.6. The van der Waals surface area contributed by atoms with E-state index in [9.17, 15) is 0 Å². The molecule has 0 amide bonds. The number of nitrogens with zero attached hydrogens (tertiary/aromatic N) is 3. The Kier molecular flexibility index (Phi) is 4.57. The van der Waals surface area contributed by atoms with E-state index in [1.807, 2.05) is 0 Å². The van der Waals surface area contributed by atoms with Crippen molar-refractivity contribution in [3.8, 4) is 0 Å². The second-order valence-corrected chi connectivity index (χ2v) is 10.8. The maximum atomic E-state index is 4.80. The Bertz CT molecular complexity index is 835. The summed E-state index contributed by atoms with van der Waals surface area (Å²) in [4.78, 5) is 7.85. The molecule has 2 aromatic rings. The lowest BCUT2D eigenvalue weighted by molar-refractivity contribution is -0.0484. The van der Waals surface area contributed by atoms with Gasteiger partial charge in [0, 0.05) is 24.2 Å². The fourth-order valence-corrected chi connectivity index (χ4v) is 8.17. The van der Waals surface area contributed by atoms with Crippen LogP contribution < -0.4 is 0 Å². The third-order valence-corrected chi connectivity index (χ3v) is 9.01. The number of hydrogen-bond acceptors (Lipinski definition) is 2. The first-order valence-corrected chi connectivity index (χ1v) is 12.5. The molecule has 4 aliphatic rings. The van der Waals surface area contributed by atoms with Crippen LogP contribution in [0.25, 0.3) is 11.0 Å². The van der Waals surface area contributed by atoms with E-state index < -0.39 is 0 Å². The molecular formula is C24H32BrN3. The van der Waals surface area contributed by atoms with E-state index in [-0.39, 0.29) is 0 Å². The second-order valence-electron chi connectivity index (χ2n) is 10.1. The zero-order valence-corrected chi connectivity index (χ0v) is 18.4. The predicted octanol–water partition coefficient (Wildman–Crippen LogP) is 6.33. The summed E-state index contributed by atoms with van der Waals surface area (Å²) in [5.74, 6) is 2.06. The van der Waals surface area contributed by atoms with E-state index in [4.69, 9.17) is 4.98 Å². The Balaban J connectivity index is 1.28. The van der Waals surface area contributed by atoms with Crippen molar-refractivity contribution in [1.82, 2.24) is 14.5 Å². The van der Waals surface area contributed by atoms with Gasteiger partial charge in [0.15, 0.2) is 4.73 Å². The van der Waals surface area contributed by atoms with Gasteiger partial charge in [0.1, 0.15) is 0 Å². The van der Waals surface area contributed by atoms with Crippen LogP contribution in [0, 0.1) is 11.8 Å². The summed E-state index contributed by atoms with van der Waals surface area (Å²) in [6.45, 7) is 0. The third kappa shape index (κ3) is 2.98. The molecule has 2 saturated heterocycles. The van der Waals surface area contributed by atoms with Gasteiger partial charge in [0.2, 0.25) is 0 Å². The van der Waals surface area contributed by atoms with Crippen molar-refractivity contribution >= 4 is 27.0 Å². The molecule has 3 nitrogen and oxygen atoms in total. The lowest BCUT2D eigenvalue weighted by Crippen LogP contribution is -2.58. The Morgan fingerprint density at radius 3 is 2.18 bits per heavy atom. The van der Waals surface area contributed by atoms with Gasteiger partial charge in [-0.2, -0.15) is 0 Å². The summed E-state index contributed by atoms with van der Waals surface area (Å²) in [5.41, 5.74) is 2.43. The van der Waals surface area contributed by atoms with Crippen LogP contribution in [-0.2, 0) is 0 Å². The highest BCUT2D eigenvalue weighted by molar-refractivity contribution is 9.10. The maximum absolute atomic E-state index is 4.80. The van der Waals surface area contributed by atoms with Crippen LogP contribution in [0.4, 0.5) is 0 Å². The Morgan fingerprint density at radius 2 is 1.43 bits per heavy atom. The van der Waals surface area contributed by atoms with Gasteiger partial charge in [-0.3, -0.25) is 4.90 Å². The molecule has 3 heterocycles. The molecule has 0 spiro atoms. The molecular weight excluding hydrogens is 410 g/mol. The van der Waals surface area contributed by atoms with E-state index in [1.54, 1.807) is 0 Å². The molecule has 4 fully saturated rings. The molecule has 1 aromatic heterocycles. The standard InChI is InChI=1S/C24H32BrN3/c25-24-26-22-9-1-2-10-23(22)28(24)21-14-18-7-4-8-19(15-21)27(18)20-12-16-5-3-6-17(11-16)13-20/h1-2,9-10,16-21H,3-8,11-15H2/t16-,17+,18-,19+,20-,21-. The zero-order valence-electron chi connectivity index (χ0n) is 16.8. The van der Waals surface area contributed by atoms with Crippen LogP contribution in [-0.4, -0.2) is 32.6 Å².